The number of hydrogen-bond acceptors (Lipinski definition) is 7. The molecular formula is C24H21ClF3N7O2S2. The summed E-state index contributed by atoms with van der Waals surface area (Å²) in [5.74, 6) is -0.287. The maximum Gasteiger partial charge on any atom is 0.333 e. The summed E-state index contributed by atoms with van der Waals surface area (Å²) in [6.07, 6.45) is 3.16. The zero-order valence-corrected chi connectivity index (χ0v) is 22.5. The number of alkyl halides is 2. The fourth-order valence-electron chi connectivity index (χ4n) is 4.68. The van der Waals surface area contributed by atoms with Crippen LogP contribution in [0.2, 0.25) is 5.02 Å². The van der Waals surface area contributed by atoms with Crippen LogP contribution in [0.1, 0.15) is 41.7 Å². The van der Waals surface area contributed by atoms with Crippen LogP contribution in [0.15, 0.2) is 52.7 Å². The number of halogens is 4. The molecule has 2 aromatic heterocycles. The van der Waals surface area contributed by atoms with Gasteiger partial charge in [0.15, 0.2) is 10.8 Å². The van der Waals surface area contributed by atoms with Crippen LogP contribution in [-0.2, 0) is 10.0 Å². The Morgan fingerprint density at radius 3 is 2.79 bits per heavy atom. The van der Waals surface area contributed by atoms with Crippen molar-refractivity contribution in [1.82, 2.24) is 24.4 Å². The number of thiazole rings is 1. The molecular weight excluding hydrogens is 575 g/mol. The van der Waals surface area contributed by atoms with E-state index < -0.39 is 34.5 Å². The second-order valence-corrected chi connectivity index (χ2v) is 12.0. The van der Waals surface area contributed by atoms with Crippen LogP contribution >= 0.6 is 22.9 Å². The first kappa shape index (κ1) is 27.3. The molecule has 1 saturated heterocycles. The predicted octanol–water partition coefficient (Wildman–Crippen LogP) is 4.74. The van der Waals surface area contributed by atoms with Gasteiger partial charge < -0.3 is 9.74 Å². The Kier molecular flexibility index (Phi) is 7.77. The predicted molar refractivity (Wildman–Crippen MR) is 141 cm³/mol. The van der Waals surface area contributed by atoms with Gasteiger partial charge in [-0.2, -0.15) is 13.9 Å². The number of aliphatic imine (C=N–C) groups is 1. The average molecular weight is 596 g/mol. The van der Waals surface area contributed by atoms with Crippen LogP contribution in [0.3, 0.4) is 0 Å². The van der Waals surface area contributed by atoms with E-state index in [1.807, 2.05) is 4.90 Å². The quantitative estimate of drug-likeness (QED) is 0.285. The molecule has 0 unspecified atom stereocenters. The summed E-state index contributed by atoms with van der Waals surface area (Å²) in [6, 6.07) is 3.88. The molecule has 0 saturated carbocycles. The van der Waals surface area contributed by atoms with Gasteiger partial charge in [-0.3, -0.25) is 4.99 Å². The van der Waals surface area contributed by atoms with Crippen molar-refractivity contribution in [1.29, 1.82) is 0 Å². The first-order chi connectivity index (χ1) is 18.7. The van der Waals surface area contributed by atoms with E-state index in [0.29, 0.717) is 32.4 Å². The number of rotatable bonds is 9. The highest BCUT2D eigenvalue weighted by atomic mass is 35.5. The highest BCUT2D eigenvalue weighted by molar-refractivity contribution is 7.89. The monoisotopic (exact) mass is 595 g/mol. The Hall–Kier alpha value is -3.25. The fourth-order valence-corrected chi connectivity index (χ4v) is 6.88. The number of benzene rings is 1. The van der Waals surface area contributed by atoms with Gasteiger partial charge in [0, 0.05) is 65.1 Å². The van der Waals surface area contributed by atoms with E-state index in [-0.39, 0.29) is 42.4 Å². The van der Waals surface area contributed by atoms with E-state index in [0.717, 1.165) is 12.3 Å². The number of sulfonamides is 1. The van der Waals surface area contributed by atoms with Gasteiger partial charge >= 0.3 is 6.55 Å². The molecule has 0 aliphatic carbocycles. The standard InChI is InChI=1S/C24H21ClF3N7O2S2/c1-29-6-2-10-39(36,37)33-15-12-19-20(18-5-8-35(32-18)24(27)28)21(16-4-3-14(26)11-17(16)25)31-22(34(19)13-15)23-30-7-9-38-23/h3-5,7-9,11,15,21,24,33H,2,6,10,12-13H2/t15-,21-/m0/s1. The highest BCUT2D eigenvalue weighted by Crippen LogP contribution is 2.46. The van der Waals surface area contributed by atoms with Gasteiger partial charge in [-0.25, -0.2) is 33.8 Å². The van der Waals surface area contributed by atoms with Crippen LogP contribution in [0.25, 0.3) is 10.4 Å². The molecule has 3 aromatic rings. The van der Waals surface area contributed by atoms with E-state index in [4.69, 9.17) is 23.2 Å². The van der Waals surface area contributed by atoms with Gasteiger partial charge in [-0.1, -0.05) is 17.7 Å². The number of fused-ring (bicyclic) bond motifs is 1. The lowest BCUT2D eigenvalue weighted by Gasteiger charge is -2.32. The summed E-state index contributed by atoms with van der Waals surface area (Å²) in [4.78, 5) is 14.3. The van der Waals surface area contributed by atoms with Crippen molar-refractivity contribution in [3.8, 4) is 0 Å². The Bertz CT molecular complexity index is 1580. The van der Waals surface area contributed by atoms with E-state index in [9.17, 15) is 21.6 Å². The van der Waals surface area contributed by atoms with Gasteiger partial charge in [-0.05, 0) is 18.2 Å². The molecule has 0 spiro atoms. The SMILES string of the molecule is [C-]#[N+]CCCS(=O)(=O)N[C@H]1CC2=C(c3ccn(C(F)F)n3)[C@H](c3ccc(F)cc3Cl)N=C(c3nccs3)N2C1. The van der Waals surface area contributed by atoms with Crippen molar-refractivity contribution >= 4 is 44.4 Å². The third-order valence-corrected chi connectivity index (χ3v) is 8.87. The molecule has 0 radical (unpaired) electrons. The smallest absolute Gasteiger partial charge is 0.326 e. The third-order valence-electron chi connectivity index (χ3n) is 6.25. The summed E-state index contributed by atoms with van der Waals surface area (Å²) < 4.78 is 69.5. The zero-order valence-electron chi connectivity index (χ0n) is 20.1. The van der Waals surface area contributed by atoms with Crippen molar-refractivity contribution in [2.24, 2.45) is 4.99 Å². The van der Waals surface area contributed by atoms with Gasteiger partial charge in [0.05, 0.1) is 11.4 Å². The molecule has 1 aromatic carbocycles. The molecule has 39 heavy (non-hydrogen) atoms. The summed E-state index contributed by atoms with van der Waals surface area (Å²) in [7, 11) is -3.69. The lowest BCUT2D eigenvalue weighted by atomic mass is 9.92. The second-order valence-electron chi connectivity index (χ2n) is 8.86. The summed E-state index contributed by atoms with van der Waals surface area (Å²) >= 11 is 7.78. The molecule has 4 heterocycles. The molecule has 5 rings (SSSR count). The third kappa shape index (κ3) is 5.72. The number of aromatic nitrogens is 3. The maximum atomic E-state index is 13.9. The molecule has 1 fully saturated rings. The molecule has 2 atom stereocenters. The van der Waals surface area contributed by atoms with Gasteiger partial charge in [0.1, 0.15) is 11.9 Å². The minimum Gasteiger partial charge on any atom is -0.326 e. The van der Waals surface area contributed by atoms with E-state index in [2.05, 4.69) is 19.6 Å². The normalized spacial score (nSPS) is 19.4. The zero-order chi connectivity index (χ0) is 27.7. The summed E-state index contributed by atoms with van der Waals surface area (Å²) in [5, 5.41) is 6.50. The first-order valence-electron chi connectivity index (χ1n) is 11.8. The van der Waals surface area contributed by atoms with Crippen molar-refractivity contribution in [2.75, 3.05) is 18.8 Å². The molecule has 9 nitrogen and oxygen atoms in total. The van der Waals surface area contributed by atoms with Crippen molar-refractivity contribution in [3.63, 3.8) is 0 Å². The Morgan fingerprint density at radius 1 is 1.31 bits per heavy atom. The van der Waals surface area contributed by atoms with Gasteiger partial charge in [0.25, 0.3) is 0 Å². The average Bonchev–Trinajstić information content (AvgIpc) is 3.64. The molecule has 0 bridgehead atoms. The maximum absolute atomic E-state index is 13.9. The number of amidine groups is 1. The Morgan fingerprint density at radius 2 is 2.13 bits per heavy atom. The van der Waals surface area contributed by atoms with Crippen molar-refractivity contribution < 1.29 is 21.6 Å². The van der Waals surface area contributed by atoms with Crippen LogP contribution in [0.4, 0.5) is 13.2 Å². The minimum atomic E-state index is -3.69. The topological polar surface area (TPSA) is 96.8 Å². The van der Waals surface area contributed by atoms with Crippen LogP contribution < -0.4 is 4.72 Å². The first-order valence-corrected chi connectivity index (χ1v) is 14.7. The van der Waals surface area contributed by atoms with Crippen molar-refractivity contribution in [2.45, 2.75) is 31.5 Å². The molecule has 15 heteroatoms. The lowest BCUT2D eigenvalue weighted by Crippen LogP contribution is -2.40. The lowest BCUT2D eigenvalue weighted by molar-refractivity contribution is 0.0564. The molecule has 204 valence electrons. The molecule has 2 aliphatic heterocycles. The molecule has 1 N–H and O–H groups in total. The number of nitrogens with one attached hydrogen (secondary N) is 1. The molecule has 0 amide bonds. The van der Waals surface area contributed by atoms with Crippen molar-refractivity contribution in [3.05, 3.63) is 86.3 Å². The van der Waals surface area contributed by atoms with Gasteiger partial charge in [0.2, 0.25) is 16.6 Å². The minimum absolute atomic E-state index is 0.0946. The fraction of sp³-hybridized carbons (Fsp3) is 0.333. The van der Waals surface area contributed by atoms with E-state index in [1.54, 1.807) is 11.6 Å². The number of nitrogens with zero attached hydrogens (tertiary/aromatic N) is 6. The second kappa shape index (κ2) is 11.1. The van der Waals surface area contributed by atoms with Gasteiger partial charge in [-0.15, -0.1) is 11.3 Å². The Labute approximate surface area is 231 Å². The van der Waals surface area contributed by atoms with Crippen LogP contribution in [-0.4, -0.2) is 58.8 Å². The van der Waals surface area contributed by atoms with E-state index in [1.165, 1.54) is 29.5 Å². The largest absolute Gasteiger partial charge is 0.333 e. The number of hydrogen-bond donors (Lipinski definition) is 1. The molecule has 2 aliphatic rings. The van der Waals surface area contributed by atoms with Crippen LogP contribution in [0, 0.1) is 12.4 Å². The summed E-state index contributed by atoms with van der Waals surface area (Å²) in [6.45, 7) is 4.31. The highest BCUT2D eigenvalue weighted by Gasteiger charge is 2.41. The van der Waals surface area contributed by atoms with E-state index >= 15 is 0 Å². The Balaban J connectivity index is 1.63. The van der Waals surface area contributed by atoms with Crippen LogP contribution in [0.5, 0.6) is 0 Å². The summed E-state index contributed by atoms with van der Waals surface area (Å²) in [5.41, 5.74) is 1.72.